The van der Waals surface area contributed by atoms with Crippen LogP contribution in [-0.2, 0) is 17.6 Å². The highest BCUT2D eigenvalue weighted by atomic mass is 16.5. The number of benzene rings is 1. The second-order valence-corrected chi connectivity index (χ2v) is 8.52. The van der Waals surface area contributed by atoms with E-state index in [0.29, 0.717) is 19.5 Å². The molecule has 2 atom stereocenters. The molecule has 0 radical (unpaired) electrons. The first-order chi connectivity index (χ1) is 13.5. The van der Waals surface area contributed by atoms with Crippen LogP contribution in [0.25, 0.3) is 0 Å². The molecule has 150 valence electrons. The number of aryl methyl sites for hydroxylation is 1. The number of amides is 2. The van der Waals surface area contributed by atoms with Crippen LogP contribution in [-0.4, -0.2) is 53.9 Å². The Bertz CT molecular complexity index is 802. The maximum Gasteiger partial charge on any atom is 0.254 e. The number of allylic oxidation sites excluding steroid dienone is 1. The van der Waals surface area contributed by atoms with Gasteiger partial charge in [0.15, 0.2) is 0 Å². The number of hydrogen-bond acceptors (Lipinski definition) is 3. The number of carbonyl (C=O) groups excluding carboxylic acids is 2. The van der Waals surface area contributed by atoms with Crippen molar-refractivity contribution in [3.05, 3.63) is 41.0 Å². The normalized spacial score (nSPS) is 22.9. The van der Waals surface area contributed by atoms with E-state index in [1.165, 1.54) is 11.1 Å². The Morgan fingerprint density at radius 3 is 2.50 bits per heavy atom. The molecule has 2 saturated heterocycles. The fourth-order valence-corrected chi connectivity index (χ4v) is 5.08. The summed E-state index contributed by atoms with van der Waals surface area (Å²) in [6.45, 7) is 7.14. The van der Waals surface area contributed by atoms with E-state index in [2.05, 4.69) is 17.5 Å². The number of methoxy groups -OCH3 is 1. The molecular formula is C23H30N2O3. The summed E-state index contributed by atoms with van der Waals surface area (Å²) < 4.78 is 5.44. The van der Waals surface area contributed by atoms with Crippen molar-refractivity contribution in [3.63, 3.8) is 0 Å². The number of ether oxygens (including phenoxy) is 1. The van der Waals surface area contributed by atoms with Crippen molar-refractivity contribution in [2.24, 2.45) is 0 Å². The Labute approximate surface area is 167 Å². The van der Waals surface area contributed by atoms with Gasteiger partial charge >= 0.3 is 0 Å². The van der Waals surface area contributed by atoms with Crippen molar-refractivity contribution < 1.29 is 14.3 Å². The molecular weight excluding hydrogens is 352 g/mol. The van der Waals surface area contributed by atoms with Gasteiger partial charge in [-0.15, -0.1) is 6.58 Å². The molecule has 2 fully saturated rings. The zero-order valence-corrected chi connectivity index (χ0v) is 17.0. The fraction of sp³-hybridized carbons (Fsp3) is 0.565. The van der Waals surface area contributed by atoms with Crippen molar-refractivity contribution >= 4 is 11.8 Å². The van der Waals surface area contributed by atoms with Crippen molar-refractivity contribution in [2.45, 2.75) is 64.0 Å². The maximum atomic E-state index is 13.4. The average Bonchev–Trinajstić information content (AvgIpc) is 3.26. The third-order valence-electron chi connectivity index (χ3n) is 6.48. The van der Waals surface area contributed by atoms with Crippen LogP contribution in [0.15, 0.2) is 24.3 Å². The SMILES string of the molecule is C=C(C)CCC(=O)N1[C@@H]2CC[C@H]1CN(C(=O)c1cc(OC)cc3c1CCC3)C2. The molecule has 1 aromatic rings. The molecule has 28 heavy (non-hydrogen) atoms. The first kappa shape index (κ1) is 19.0. The number of carbonyl (C=O) groups is 2. The van der Waals surface area contributed by atoms with Crippen molar-refractivity contribution in [3.8, 4) is 5.75 Å². The van der Waals surface area contributed by atoms with Gasteiger partial charge in [-0.05, 0) is 68.7 Å². The third kappa shape index (κ3) is 3.43. The lowest BCUT2D eigenvalue weighted by molar-refractivity contribution is -0.136. The molecule has 5 heteroatoms. The van der Waals surface area contributed by atoms with Gasteiger partial charge in [-0.3, -0.25) is 9.59 Å². The predicted octanol–water partition coefficient (Wildman–Crippen LogP) is 3.36. The average molecular weight is 383 g/mol. The molecule has 1 aliphatic carbocycles. The van der Waals surface area contributed by atoms with E-state index >= 15 is 0 Å². The molecule has 5 nitrogen and oxygen atoms in total. The highest BCUT2D eigenvalue weighted by molar-refractivity contribution is 5.97. The minimum absolute atomic E-state index is 0.1000. The quantitative estimate of drug-likeness (QED) is 0.734. The highest BCUT2D eigenvalue weighted by Crippen LogP contribution is 2.34. The van der Waals surface area contributed by atoms with Gasteiger partial charge in [-0.1, -0.05) is 5.57 Å². The van der Waals surface area contributed by atoms with Gasteiger partial charge in [0.1, 0.15) is 5.75 Å². The van der Waals surface area contributed by atoms with Crippen LogP contribution in [0.2, 0.25) is 0 Å². The first-order valence-corrected chi connectivity index (χ1v) is 10.4. The molecule has 0 N–H and O–H groups in total. The largest absolute Gasteiger partial charge is 0.497 e. The summed E-state index contributed by atoms with van der Waals surface area (Å²) in [6.07, 6.45) is 6.33. The molecule has 4 rings (SSSR count). The molecule has 3 aliphatic rings. The van der Waals surface area contributed by atoms with Crippen molar-refractivity contribution in [1.82, 2.24) is 9.80 Å². The Hall–Kier alpha value is -2.30. The van der Waals surface area contributed by atoms with E-state index < -0.39 is 0 Å². The van der Waals surface area contributed by atoms with E-state index in [9.17, 15) is 9.59 Å². The molecule has 2 heterocycles. The first-order valence-electron chi connectivity index (χ1n) is 10.4. The van der Waals surface area contributed by atoms with Crippen LogP contribution >= 0.6 is 0 Å². The molecule has 0 saturated carbocycles. The number of fused-ring (bicyclic) bond motifs is 3. The lowest BCUT2D eigenvalue weighted by atomic mass is 10.0. The topological polar surface area (TPSA) is 49.9 Å². The minimum atomic E-state index is 0.1000. The molecule has 2 amide bonds. The van der Waals surface area contributed by atoms with Crippen LogP contribution < -0.4 is 4.74 Å². The van der Waals surface area contributed by atoms with E-state index in [0.717, 1.165) is 55.4 Å². The Morgan fingerprint density at radius 1 is 1.14 bits per heavy atom. The van der Waals surface area contributed by atoms with Gasteiger partial charge in [-0.2, -0.15) is 0 Å². The summed E-state index contributed by atoms with van der Waals surface area (Å²) >= 11 is 0. The standard InChI is InChI=1S/C23H30N2O3/c1-15(2)7-10-22(26)25-17-8-9-18(25)14-24(13-17)23(27)21-12-19(28-3)11-16-5-4-6-20(16)21/h11-12,17-18H,1,4-10,13-14H2,2-3H3/t17-,18+. The highest BCUT2D eigenvalue weighted by Gasteiger charge is 2.43. The fourth-order valence-electron chi connectivity index (χ4n) is 5.08. The molecule has 2 bridgehead atoms. The van der Waals surface area contributed by atoms with Crippen molar-refractivity contribution in [2.75, 3.05) is 20.2 Å². The van der Waals surface area contributed by atoms with Gasteiger partial charge in [0.2, 0.25) is 5.91 Å². The zero-order valence-electron chi connectivity index (χ0n) is 17.0. The Kier molecular flexibility index (Phi) is 5.17. The summed E-state index contributed by atoms with van der Waals surface area (Å²) in [6, 6.07) is 4.28. The van der Waals surface area contributed by atoms with Crippen LogP contribution in [0.4, 0.5) is 0 Å². The summed E-state index contributed by atoms with van der Waals surface area (Å²) in [5.41, 5.74) is 4.28. The monoisotopic (exact) mass is 382 g/mol. The Balaban J connectivity index is 1.51. The number of rotatable bonds is 5. The van der Waals surface area contributed by atoms with E-state index in [-0.39, 0.29) is 23.9 Å². The number of piperazine rings is 1. The molecule has 2 aliphatic heterocycles. The number of likely N-dealkylation sites (tertiary alicyclic amines) is 1. The van der Waals surface area contributed by atoms with E-state index in [1.54, 1.807) is 7.11 Å². The van der Waals surface area contributed by atoms with Crippen LogP contribution in [0.1, 0.15) is 60.5 Å². The third-order valence-corrected chi connectivity index (χ3v) is 6.48. The lowest BCUT2D eigenvalue weighted by Gasteiger charge is -2.41. The summed E-state index contributed by atoms with van der Waals surface area (Å²) in [7, 11) is 1.65. The zero-order chi connectivity index (χ0) is 19.8. The minimum Gasteiger partial charge on any atom is -0.497 e. The lowest BCUT2D eigenvalue weighted by Crippen LogP contribution is -2.57. The van der Waals surface area contributed by atoms with Gasteiger partial charge < -0.3 is 14.5 Å². The number of hydrogen-bond donors (Lipinski definition) is 0. The van der Waals surface area contributed by atoms with Gasteiger partial charge in [0, 0.05) is 37.2 Å². The van der Waals surface area contributed by atoms with E-state index in [1.807, 2.05) is 17.9 Å². The summed E-state index contributed by atoms with van der Waals surface area (Å²) in [5, 5.41) is 0. The van der Waals surface area contributed by atoms with Gasteiger partial charge in [-0.25, -0.2) is 0 Å². The summed E-state index contributed by atoms with van der Waals surface area (Å²) in [4.78, 5) is 30.1. The molecule has 0 unspecified atom stereocenters. The molecule has 0 aromatic heterocycles. The van der Waals surface area contributed by atoms with Gasteiger partial charge in [0.05, 0.1) is 7.11 Å². The van der Waals surface area contributed by atoms with Crippen molar-refractivity contribution in [1.29, 1.82) is 0 Å². The summed E-state index contributed by atoms with van der Waals surface area (Å²) in [5.74, 6) is 1.08. The van der Waals surface area contributed by atoms with Crippen LogP contribution in [0, 0.1) is 0 Å². The molecule has 1 aromatic carbocycles. The van der Waals surface area contributed by atoms with E-state index in [4.69, 9.17) is 4.74 Å². The van der Waals surface area contributed by atoms with Crippen LogP contribution in [0.3, 0.4) is 0 Å². The predicted molar refractivity (Wildman–Crippen MR) is 109 cm³/mol. The second-order valence-electron chi connectivity index (χ2n) is 8.52. The second kappa shape index (κ2) is 7.61. The Morgan fingerprint density at radius 2 is 1.86 bits per heavy atom. The van der Waals surface area contributed by atoms with Crippen LogP contribution in [0.5, 0.6) is 5.75 Å². The molecule has 0 spiro atoms. The number of nitrogens with zero attached hydrogens (tertiary/aromatic N) is 2. The maximum absolute atomic E-state index is 13.4. The van der Waals surface area contributed by atoms with Gasteiger partial charge in [0.25, 0.3) is 5.91 Å². The smallest absolute Gasteiger partial charge is 0.254 e.